The van der Waals surface area contributed by atoms with Gasteiger partial charge in [-0.1, -0.05) is 39.8 Å². The predicted octanol–water partition coefficient (Wildman–Crippen LogP) is 4.20. The zero-order valence-corrected chi connectivity index (χ0v) is 13.3. The van der Waals surface area contributed by atoms with Crippen LogP contribution in [-0.4, -0.2) is 12.1 Å². The fourth-order valence-corrected chi connectivity index (χ4v) is 4.89. The van der Waals surface area contributed by atoms with Gasteiger partial charge in [0.2, 0.25) is 0 Å². The maximum absolute atomic E-state index is 12.3. The summed E-state index contributed by atoms with van der Waals surface area (Å²) in [6, 6.07) is 0. The van der Waals surface area contributed by atoms with E-state index in [1.807, 2.05) is 6.92 Å². The van der Waals surface area contributed by atoms with Crippen LogP contribution in [0.1, 0.15) is 53.4 Å². The van der Waals surface area contributed by atoms with Gasteiger partial charge in [-0.05, 0) is 48.9 Å². The van der Waals surface area contributed by atoms with Crippen molar-refractivity contribution in [3.8, 4) is 0 Å². The average Bonchev–Trinajstić information content (AvgIpc) is 2.97. The van der Waals surface area contributed by atoms with Crippen LogP contribution in [-0.2, 0) is 9.53 Å². The second-order valence-electron chi connectivity index (χ2n) is 8.44. The third-order valence-corrected chi connectivity index (χ3v) is 5.54. The van der Waals surface area contributed by atoms with Crippen molar-refractivity contribution in [2.45, 2.75) is 59.5 Å². The molecule has 6 unspecified atom stereocenters. The Bertz CT molecular complexity index is 418. The van der Waals surface area contributed by atoms with Crippen LogP contribution in [0.2, 0.25) is 0 Å². The first-order chi connectivity index (χ1) is 9.35. The van der Waals surface area contributed by atoms with Gasteiger partial charge in [0.25, 0.3) is 0 Å². The number of ether oxygens (including phenoxy) is 1. The van der Waals surface area contributed by atoms with Crippen molar-refractivity contribution >= 4 is 5.97 Å². The van der Waals surface area contributed by atoms with E-state index < -0.39 is 0 Å². The molecule has 0 aromatic heterocycles. The van der Waals surface area contributed by atoms with Gasteiger partial charge in [-0.3, -0.25) is 4.79 Å². The van der Waals surface area contributed by atoms with Crippen LogP contribution >= 0.6 is 0 Å². The normalized spacial score (nSPS) is 39.9. The van der Waals surface area contributed by atoms with Crippen LogP contribution in [0, 0.1) is 35.0 Å². The molecule has 0 aromatic rings. The summed E-state index contributed by atoms with van der Waals surface area (Å²) in [5.41, 5.74) is 0.187. The zero-order valence-electron chi connectivity index (χ0n) is 13.3. The lowest BCUT2D eigenvalue weighted by Gasteiger charge is -2.32. The highest BCUT2D eigenvalue weighted by molar-refractivity contribution is 5.72. The fraction of sp³-hybridized carbons (Fsp3) is 0.833. The van der Waals surface area contributed by atoms with Gasteiger partial charge in [-0.2, -0.15) is 0 Å². The van der Waals surface area contributed by atoms with Gasteiger partial charge < -0.3 is 4.74 Å². The highest BCUT2D eigenvalue weighted by Gasteiger charge is 2.53. The van der Waals surface area contributed by atoms with Gasteiger partial charge in [0.1, 0.15) is 6.10 Å². The third kappa shape index (κ3) is 2.54. The van der Waals surface area contributed by atoms with E-state index in [0.717, 1.165) is 24.7 Å². The van der Waals surface area contributed by atoms with Crippen molar-refractivity contribution in [2.24, 2.45) is 35.0 Å². The number of esters is 1. The fourth-order valence-electron chi connectivity index (χ4n) is 4.89. The van der Waals surface area contributed by atoms with Crippen LogP contribution in [0.4, 0.5) is 0 Å². The van der Waals surface area contributed by atoms with E-state index in [9.17, 15) is 4.79 Å². The summed E-state index contributed by atoms with van der Waals surface area (Å²) in [6.45, 7) is 8.56. The molecule has 0 amide bonds. The Morgan fingerprint density at radius 2 is 2.05 bits per heavy atom. The molecular formula is C18H28O2. The van der Waals surface area contributed by atoms with Crippen molar-refractivity contribution in [1.29, 1.82) is 0 Å². The molecule has 0 aliphatic heterocycles. The van der Waals surface area contributed by atoms with E-state index in [2.05, 4.69) is 32.9 Å². The van der Waals surface area contributed by atoms with Crippen molar-refractivity contribution < 1.29 is 9.53 Å². The van der Waals surface area contributed by atoms with E-state index in [4.69, 9.17) is 4.74 Å². The quantitative estimate of drug-likeness (QED) is 0.570. The Morgan fingerprint density at radius 3 is 2.75 bits per heavy atom. The first kappa shape index (κ1) is 14.2. The Labute approximate surface area is 123 Å². The average molecular weight is 276 g/mol. The summed E-state index contributed by atoms with van der Waals surface area (Å²) >= 11 is 0. The summed E-state index contributed by atoms with van der Waals surface area (Å²) in [4.78, 5) is 12.3. The third-order valence-electron chi connectivity index (χ3n) is 5.54. The molecule has 2 fully saturated rings. The lowest BCUT2D eigenvalue weighted by atomic mass is 9.80. The monoisotopic (exact) mass is 276 g/mol. The van der Waals surface area contributed by atoms with E-state index in [1.165, 1.54) is 12.8 Å². The lowest BCUT2D eigenvalue weighted by Crippen LogP contribution is -2.34. The molecule has 2 heteroatoms. The summed E-state index contributed by atoms with van der Waals surface area (Å²) in [6.07, 6.45) is 9.46. The van der Waals surface area contributed by atoms with E-state index in [1.54, 1.807) is 0 Å². The number of hydrogen-bond acceptors (Lipinski definition) is 2. The number of rotatable bonds is 3. The van der Waals surface area contributed by atoms with Gasteiger partial charge in [-0.25, -0.2) is 0 Å². The molecule has 3 rings (SSSR count). The molecule has 3 aliphatic carbocycles. The highest BCUT2D eigenvalue weighted by atomic mass is 16.5. The molecule has 2 bridgehead atoms. The Morgan fingerprint density at radius 1 is 1.30 bits per heavy atom. The SMILES string of the molecule is CC(CC(C)(C)C)C(=O)OC1CC2CC1C1C=CCC21. The van der Waals surface area contributed by atoms with Gasteiger partial charge in [0, 0.05) is 5.92 Å². The van der Waals surface area contributed by atoms with E-state index in [0.29, 0.717) is 11.8 Å². The van der Waals surface area contributed by atoms with Crippen molar-refractivity contribution in [2.75, 3.05) is 0 Å². The highest BCUT2D eigenvalue weighted by Crippen LogP contribution is 2.57. The zero-order chi connectivity index (χ0) is 14.5. The van der Waals surface area contributed by atoms with Crippen molar-refractivity contribution in [3.05, 3.63) is 12.2 Å². The lowest BCUT2D eigenvalue weighted by molar-refractivity contribution is -0.158. The van der Waals surface area contributed by atoms with Gasteiger partial charge in [0.05, 0.1) is 5.92 Å². The van der Waals surface area contributed by atoms with Gasteiger partial charge in [0.15, 0.2) is 0 Å². The number of hydrogen-bond donors (Lipinski definition) is 0. The van der Waals surface area contributed by atoms with Crippen LogP contribution in [0.25, 0.3) is 0 Å². The minimum atomic E-state index is 0.0176. The molecule has 2 nitrogen and oxygen atoms in total. The number of carbonyl (C=O) groups excluding carboxylic acids is 1. The Kier molecular flexibility index (Phi) is 3.46. The van der Waals surface area contributed by atoms with Crippen LogP contribution in [0.5, 0.6) is 0 Å². The maximum Gasteiger partial charge on any atom is 0.308 e. The number of allylic oxidation sites excluding steroid dienone is 2. The molecule has 0 aromatic carbocycles. The van der Waals surface area contributed by atoms with Crippen LogP contribution < -0.4 is 0 Å². The maximum atomic E-state index is 12.3. The van der Waals surface area contributed by atoms with Crippen molar-refractivity contribution in [3.63, 3.8) is 0 Å². The molecule has 20 heavy (non-hydrogen) atoms. The predicted molar refractivity (Wildman–Crippen MR) is 80.1 cm³/mol. The molecular weight excluding hydrogens is 248 g/mol. The van der Waals surface area contributed by atoms with Crippen LogP contribution in [0.3, 0.4) is 0 Å². The minimum Gasteiger partial charge on any atom is -0.462 e. The standard InChI is InChI=1S/C18H28O2/c1-11(10-18(2,3)4)17(19)20-16-9-12-8-15(16)14-7-5-6-13(12)14/h5,7,11-16H,6,8-10H2,1-4H3. The summed E-state index contributed by atoms with van der Waals surface area (Å²) < 4.78 is 5.89. The number of fused-ring (bicyclic) bond motifs is 5. The van der Waals surface area contributed by atoms with E-state index in [-0.39, 0.29) is 23.4 Å². The molecule has 0 heterocycles. The minimum absolute atomic E-state index is 0.0176. The first-order valence-corrected chi connectivity index (χ1v) is 8.22. The molecule has 112 valence electrons. The Balaban J connectivity index is 1.57. The largest absolute Gasteiger partial charge is 0.462 e. The first-order valence-electron chi connectivity index (χ1n) is 8.22. The molecule has 2 saturated carbocycles. The summed E-state index contributed by atoms with van der Waals surface area (Å²) in [5, 5.41) is 0. The van der Waals surface area contributed by atoms with Crippen LogP contribution in [0.15, 0.2) is 12.2 Å². The smallest absolute Gasteiger partial charge is 0.308 e. The second-order valence-corrected chi connectivity index (χ2v) is 8.44. The van der Waals surface area contributed by atoms with Crippen molar-refractivity contribution in [1.82, 2.24) is 0 Å². The molecule has 0 N–H and O–H groups in total. The second kappa shape index (κ2) is 4.89. The summed E-state index contributed by atoms with van der Waals surface area (Å²) in [5.74, 6) is 3.01. The molecule has 0 saturated heterocycles. The van der Waals surface area contributed by atoms with Gasteiger partial charge >= 0.3 is 5.97 Å². The van der Waals surface area contributed by atoms with Gasteiger partial charge in [-0.15, -0.1) is 0 Å². The number of carbonyl (C=O) groups is 1. The summed E-state index contributed by atoms with van der Waals surface area (Å²) in [7, 11) is 0. The molecule has 3 aliphatic rings. The topological polar surface area (TPSA) is 26.3 Å². The molecule has 0 spiro atoms. The molecule has 6 atom stereocenters. The van der Waals surface area contributed by atoms with E-state index >= 15 is 0 Å². The molecule has 0 radical (unpaired) electrons. The Hall–Kier alpha value is -0.790.